The minimum atomic E-state index is -0.911. The molecule has 0 bridgehead atoms. The van der Waals surface area contributed by atoms with Gasteiger partial charge in [-0.25, -0.2) is 4.79 Å². The molecule has 2 aromatic rings. The summed E-state index contributed by atoms with van der Waals surface area (Å²) >= 11 is 0. The van der Waals surface area contributed by atoms with Gasteiger partial charge in [-0.15, -0.1) is 0 Å². The van der Waals surface area contributed by atoms with Crippen LogP contribution in [0.25, 0.3) is 0 Å². The second kappa shape index (κ2) is 9.62. The van der Waals surface area contributed by atoms with E-state index in [-0.39, 0.29) is 24.7 Å². The van der Waals surface area contributed by atoms with Crippen molar-refractivity contribution in [2.45, 2.75) is 69.1 Å². The number of H-pyrrole nitrogens is 1. The van der Waals surface area contributed by atoms with E-state index in [1.54, 1.807) is 6.20 Å². The number of aromatic amines is 1. The van der Waals surface area contributed by atoms with Gasteiger partial charge in [-0.2, -0.15) is 5.10 Å². The number of nitrogens with one attached hydrogen (secondary N) is 1. The number of rotatable bonds is 6. The van der Waals surface area contributed by atoms with E-state index in [2.05, 4.69) is 40.5 Å². The Morgan fingerprint density at radius 3 is 2.63 bits per heavy atom. The highest BCUT2D eigenvalue weighted by atomic mass is 16.5. The molecule has 2 fully saturated rings. The van der Waals surface area contributed by atoms with Crippen molar-refractivity contribution >= 4 is 6.09 Å². The number of likely N-dealkylation sites (tertiary alicyclic amines) is 1. The van der Waals surface area contributed by atoms with E-state index in [4.69, 9.17) is 4.74 Å². The molecule has 2 atom stereocenters. The molecule has 1 aliphatic carbocycles. The van der Waals surface area contributed by atoms with Gasteiger partial charge in [0.05, 0.1) is 31.6 Å². The van der Waals surface area contributed by atoms with Gasteiger partial charge in [-0.05, 0) is 50.0 Å². The smallest absolute Gasteiger partial charge is 0.407 e. The lowest BCUT2D eigenvalue weighted by atomic mass is 9.82. The Labute approximate surface area is 177 Å². The van der Waals surface area contributed by atoms with Crippen molar-refractivity contribution in [1.29, 1.82) is 0 Å². The number of amides is 1. The van der Waals surface area contributed by atoms with Crippen LogP contribution in [0.5, 0.6) is 0 Å². The van der Waals surface area contributed by atoms with E-state index in [0.717, 1.165) is 49.8 Å². The van der Waals surface area contributed by atoms with E-state index < -0.39 is 6.09 Å². The molecule has 4 rings (SSSR count). The Morgan fingerprint density at radius 2 is 1.93 bits per heavy atom. The number of hydrogen-bond donors (Lipinski definition) is 3. The number of aromatic nitrogens is 2. The van der Waals surface area contributed by atoms with Crippen molar-refractivity contribution in [2.75, 3.05) is 13.2 Å². The number of hydrogen-bond acceptors (Lipinski definition) is 4. The molecule has 1 aromatic carbocycles. The molecular weight excluding hydrogens is 382 g/mol. The van der Waals surface area contributed by atoms with Crippen LogP contribution >= 0.6 is 0 Å². The maximum atomic E-state index is 11.9. The van der Waals surface area contributed by atoms with Gasteiger partial charge in [0, 0.05) is 23.7 Å². The average molecular weight is 414 g/mol. The minimum Gasteiger partial charge on any atom is -0.465 e. The van der Waals surface area contributed by atoms with Crippen molar-refractivity contribution in [3.05, 3.63) is 53.3 Å². The normalized spacial score (nSPS) is 27.2. The van der Waals surface area contributed by atoms with E-state index in [1.807, 2.05) is 0 Å². The summed E-state index contributed by atoms with van der Waals surface area (Å²) in [5.41, 5.74) is 2.97. The maximum absolute atomic E-state index is 11.9. The molecule has 0 radical (unpaired) electrons. The molecule has 7 heteroatoms. The molecule has 3 N–H and O–H groups in total. The fourth-order valence-corrected chi connectivity index (χ4v) is 5.13. The van der Waals surface area contributed by atoms with E-state index in [9.17, 15) is 15.0 Å². The lowest BCUT2D eigenvalue weighted by Gasteiger charge is -2.40. The van der Waals surface area contributed by atoms with Crippen molar-refractivity contribution in [2.24, 2.45) is 0 Å². The third kappa shape index (κ3) is 4.52. The van der Waals surface area contributed by atoms with Gasteiger partial charge < -0.3 is 19.8 Å². The van der Waals surface area contributed by atoms with Gasteiger partial charge in [0.25, 0.3) is 0 Å². The van der Waals surface area contributed by atoms with Crippen molar-refractivity contribution < 1.29 is 19.7 Å². The topological polar surface area (TPSA) is 98.7 Å². The third-order valence-corrected chi connectivity index (χ3v) is 6.76. The summed E-state index contributed by atoms with van der Waals surface area (Å²) in [6, 6.07) is 10.4. The quantitative estimate of drug-likeness (QED) is 0.668. The first-order chi connectivity index (χ1) is 14.7. The van der Waals surface area contributed by atoms with Crippen molar-refractivity contribution in [3.8, 4) is 0 Å². The zero-order valence-electron chi connectivity index (χ0n) is 17.2. The Balaban J connectivity index is 1.40. The number of ether oxygens (including phenoxy) is 1. The zero-order valence-corrected chi connectivity index (χ0v) is 17.2. The highest BCUT2D eigenvalue weighted by Crippen LogP contribution is 2.36. The second-order valence-electron chi connectivity index (χ2n) is 8.48. The van der Waals surface area contributed by atoms with Crippen molar-refractivity contribution in [1.82, 2.24) is 15.1 Å². The molecule has 30 heavy (non-hydrogen) atoms. The largest absolute Gasteiger partial charge is 0.465 e. The summed E-state index contributed by atoms with van der Waals surface area (Å²) in [5.74, 6) is 0.543. The summed E-state index contributed by atoms with van der Waals surface area (Å²) in [6.45, 7) is 0.789. The molecule has 1 saturated heterocycles. The van der Waals surface area contributed by atoms with Crippen LogP contribution in [-0.2, 0) is 11.3 Å². The van der Waals surface area contributed by atoms with Gasteiger partial charge in [0.1, 0.15) is 0 Å². The standard InChI is InChI=1S/C23H31N3O4/c27-14-18-13-24-25-22(18)20-7-4-12-26(23(28)29)21(20)15-30-19-10-8-17(9-11-19)16-5-2-1-3-6-16/h1-3,5-6,13,17,19-21,27H,4,7-12,14-15H2,(H,24,25)(H,28,29)/t17?,19?,20-,21-/m1/s1. The molecular formula is C23H31N3O4. The summed E-state index contributed by atoms with van der Waals surface area (Å²) in [5, 5.41) is 26.4. The Bertz CT molecular complexity index is 817. The lowest BCUT2D eigenvalue weighted by molar-refractivity contribution is -0.0224. The summed E-state index contributed by atoms with van der Waals surface area (Å²) in [4.78, 5) is 13.4. The van der Waals surface area contributed by atoms with Gasteiger partial charge in [0.15, 0.2) is 0 Å². The maximum Gasteiger partial charge on any atom is 0.407 e. The van der Waals surface area contributed by atoms with Crippen LogP contribution in [0.3, 0.4) is 0 Å². The van der Waals surface area contributed by atoms with E-state index >= 15 is 0 Å². The molecule has 2 heterocycles. The molecule has 162 valence electrons. The Kier molecular flexibility index (Phi) is 6.69. The summed E-state index contributed by atoms with van der Waals surface area (Å²) in [7, 11) is 0. The first kappa shape index (κ1) is 20.9. The van der Waals surface area contributed by atoms with Crippen LogP contribution in [0, 0.1) is 0 Å². The number of nitrogens with zero attached hydrogens (tertiary/aromatic N) is 2. The molecule has 2 aliphatic rings. The Morgan fingerprint density at radius 1 is 1.17 bits per heavy atom. The SMILES string of the molecule is O=C(O)N1CCC[C@@H](c2[nH]ncc2CO)[C@H]1COC1CCC(c2ccccc2)CC1. The third-order valence-electron chi connectivity index (χ3n) is 6.76. The first-order valence-electron chi connectivity index (χ1n) is 11.0. The zero-order chi connectivity index (χ0) is 20.9. The average Bonchev–Trinajstić information content (AvgIpc) is 3.27. The van der Waals surface area contributed by atoms with Gasteiger partial charge in [0.2, 0.25) is 0 Å². The van der Waals surface area contributed by atoms with Gasteiger partial charge in [-0.3, -0.25) is 5.10 Å². The highest BCUT2D eigenvalue weighted by molar-refractivity contribution is 5.66. The number of piperidine rings is 1. The molecule has 1 amide bonds. The number of aliphatic hydroxyl groups is 1. The fourth-order valence-electron chi connectivity index (χ4n) is 5.13. The molecule has 1 aliphatic heterocycles. The van der Waals surface area contributed by atoms with Crippen LogP contribution < -0.4 is 0 Å². The molecule has 1 saturated carbocycles. The molecule has 1 aromatic heterocycles. The number of carbonyl (C=O) groups is 1. The number of carboxylic acid groups (broad SMARTS) is 1. The summed E-state index contributed by atoms with van der Waals surface area (Å²) in [6.07, 6.45) is 6.71. The van der Waals surface area contributed by atoms with Crippen LogP contribution in [-0.4, -0.2) is 56.7 Å². The van der Waals surface area contributed by atoms with E-state index in [1.165, 1.54) is 10.5 Å². The van der Waals surface area contributed by atoms with Crippen LogP contribution in [0.15, 0.2) is 36.5 Å². The first-order valence-corrected chi connectivity index (χ1v) is 11.0. The van der Waals surface area contributed by atoms with Gasteiger partial charge >= 0.3 is 6.09 Å². The second-order valence-corrected chi connectivity index (χ2v) is 8.48. The monoisotopic (exact) mass is 413 g/mol. The van der Waals surface area contributed by atoms with Gasteiger partial charge in [-0.1, -0.05) is 30.3 Å². The van der Waals surface area contributed by atoms with Crippen LogP contribution in [0.2, 0.25) is 0 Å². The minimum absolute atomic E-state index is 0.0415. The Hall–Kier alpha value is -2.38. The number of aliphatic hydroxyl groups excluding tert-OH is 1. The molecule has 0 spiro atoms. The number of benzene rings is 1. The highest BCUT2D eigenvalue weighted by Gasteiger charge is 2.38. The molecule has 7 nitrogen and oxygen atoms in total. The fraction of sp³-hybridized carbons (Fsp3) is 0.565. The predicted molar refractivity (Wildman–Crippen MR) is 112 cm³/mol. The van der Waals surface area contributed by atoms with Crippen LogP contribution in [0.1, 0.15) is 67.2 Å². The molecule has 0 unspecified atom stereocenters. The summed E-state index contributed by atoms with van der Waals surface area (Å²) < 4.78 is 6.29. The van der Waals surface area contributed by atoms with Crippen LogP contribution in [0.4, 0.5) is 4.79 Å². The van der Waals surface area contributed by atoms with Crippen molar-refractivity contribution in [3.63, 3.8) is 0 Å². The predicted octanol–water partition coefficient (Wildman–Crippen LogP) is 3.87. The van der Waals surface area contributed by atoms with E-state index in [0.29, 0.717) is 19.1 Å². The lowest BCUT2D eigenvalue weighted by Crippen LogP contribution is -2.50.